The summed E-state index contributed by atoms with van der Waals surface area (Å²) in [5, 5.41) is 5.40. The molecule has 0 spiro atoms. The summed E-state index contributed by atoms with van der Waals surface area (Å²) in [7, 11) is 0. The molecule has 0 saturated carbocycles. The van der Waals surface area contributed by atoms with Gasteiger partial charge in [-0.15, -0.1) is 24.8 Å². The lowest BCUT2D eigenvalue weighted by atomic mass is 9.93. The number of ether oxygens (including phenoxy) is 1. The normalized spacial score (nSPS) is 20.9. The van der Waals surface area contributed by atoms with Crippen LogP contribution in [0.4, 0.5) is 4.39 Å². The number of halogens is 3. The van der Waals surface area contributed by atoms with Gasteiger partial charge in [0.15, 0.2) is 0 Å². The standard InChI is InChI=1S/C24H39FN2O.2ClH/c1-2-3-4-5-8-23-9-6-7-17-27(23)26-18-14-21(15-19-26)16-20-28-24-12-10-22(25)11-13-24;;/h10-13,21,23H,2-9,14-20H2,1H3;2*1H. The van der Waals surface area contributed by atoms with Crippen LogP contribution in [0.15, 0.2) is 24.3 Å². The van der Waals surface area contributed by atoms with Gasteiger partial charge in [0.2, 0.25) is 0 Å². The fraction of sp³-hybridized carbons (Fsp3) is 0.750. The van der Waals surface area contributed by atoms with Crippen molar-refractivity contribution in [2.45, 2.75) is 83.6 Å². The van der Waals surface area contributed by atoms with E-state index in [4.69, 9.17) is 4.74 Å². The van der Waals surface area contributed by atoms with E-state index in [-0.39, 0.29) is 30.6 Å². The molecule has 1 aromatic carbocycles. The van der Waals surface area contributed by atoms with E-state index in [1.165, 1.54) is 96.0 Å². The van der Waals surface area contributed by atoms with Crippen molar-refractivity contribution in [1.82, 2.24) is 10.0 Å². The second-order valence-electron chi connectivity index (χ2n) is 8.65. The molecule has 0 aliphatic carbocycles. The molecule has 1 unspecified atom stereocenters. The molecule has 0 bridgehead atoms. The molecule has 0 aromatic heterocycles. The van der Waals surface area contributed by atoms with Crippen LogP contribution in [-0.2, 0) is 0 Å². The molecule has 174 valence electrons. The molecule has 0 N–H and O–H groups in total. The molecule has 2 aliphatic rings. The lowest BCUT2D eigenvalue weighted by molar-refractivity contribution is -0.0987. The first kappa shape index (κ1) is 27.5. The maximum atomic E-state index is 13.0. The highest BCUT2D eigenvalue weighted by molar-refractivity contribution is 5.85. The first-order chi connectivity index (χ1) is 13.8. The molecule has 1 aromatic rings. The average molecular weight is 464 g/mol. The summed E-state index contributed by atoms with van der Waals surface area (Å²) in [6.07, 6.45) is 14.7. The summed E-state index contributed by atoms with van der Waals surface area (Å²) in [4.78, 5) is 0. The van der Waals surface area contributed by atoms with Crippen molar-refractivity contribution < 1.29 is 9.13 Å². The second kappa shape index (κ2) is 15.3. The Hall–Kier alpha value is -0.550. The SMILES string of the molecule is CCCCCCC1CCCCN1N1CCC(CCOc2ccc(F)cc2)CC1.Cl.Cl. The van der Waals surface area contributed by atoms with E-state index in [1.807, 2.05) is 0 Å². The van der Waals surface area contributed by atoms with Gasteiger partial charge < -0.3 is 4.74 Å². The van der Waals surface area contributed by atoms with Gasteiger partial charge in [0.1, 0.15) is 11.6 Å². The zero-order chi connectivity index (χ0) is 19.6. The van der Waals surface area contributed by atoms with Crippen LogP contribution in [0.1, 0.15) is 77.6 Å². The Kier molecular flexibility index (Phi) is 14.0. The fourth-order valence-electron chi connectivity index (χ4n) is 4.80. The molecule has 2 fully saturated rings. The third kappa shape index (κ3) is 8.90. The molecule has 2 saturated heterocycles. The Bertz CT molecular complexity index is 553. The van der Waals surface area contributed by atoms with Gasteiger partial charge in [-0.25, -0.2) is 14.4 Å². The smallest absolute Gasteiger partial charge is 0.123 e. The zero-order valence-corrected chi connectivity index (χ0v) is 20.2. The van der Waals surface area contributed by atoms with Gasteiger partial charge in [-0.3, -0.25) is 0 Å². The van der Waals surface area contributed by atoms with E-state index in [1.54, 1.807) is 12.1 Å². The highest BCUT2D eigenvalue weighted by Crippen LogP contribution is 2.28. The predicted octanol–water partition coefficient (Wildman–Crippen LogP) is 6.89. The Morgan fingerprint density at radius 2 is 1.63 bits per heavy atom. The first-order valence-electron chi connectivity index (χ1n) is 11.7. The van der Waals surface area contributed by atoms with Crippen LogP contribution in [0, 0.1) is 11.7 Å². The summed E-state index contributed by atoms with van der Waals surface area (Å²) in [5.41, 5.74) is 0. The van der Waals surface area contributed by atoms with E-state index in [9.17, 15) is 4.39 Å². The molecule has 3 nitrogen and oxygen atoms in total. The van der Waals surface area contributed by atoms with Crippen molar-refractivity contribution in [3.8, 4) is 5.75 Å². The minimum Gasteiger partial charge on any atom is -0.494 e. The third-order valence-corrected chi connectivity index (χ3v) is 6.55. The first-order valence-corrected chi connectivity index (χ1v) is 11.7. The Morgan fingerprint density at radius 3 is 2.33 bits per heavy atom. The van der Waals surface area contributed by atoms with Crippen LogP contribution in [0.3, 0.4) is 0 Å². The number of hydrogen-bond acceptors (Lipinski definition) is 3. The predicted molar refractivity (Wildman–Crippen MR) is 128 cm³/mol. The van der Waals surface area contributed by atoms with Gasteiger partial charge in [-0.1, -0.05) is 39.0 Å². The van der Waals surface area contributed by atoms with Crippen LogP contribution in [-0.4, -0.2) is 42.3 Å². The van der Waals surface area contributed by atoms with Crippen molar-refractivity contribution in [3.05, 3.63) is 30.1 Å². The highest BCUT2D eigenvalue weighted by Gasteiger charge is 2.29. The van der Waals surface area contributed by atoms with Crippen LogP contribution in [0.5, 0.6) is 5.75 Å². The van der Waals surface area contributed by atoms with E-state index in [0.717, 1.165) is 30.7 Å². The number of nitrogens with zero attached hydrogens (tertiary/aromatic N) is 2. The number of hydrazine groups is 1. The van der Waals surface area contributed by atoms with Crippen LogP contribution in [0.25, 0.3) is 0 Å². The second-order valence-corrected chi connectivity index (χ2v) is 8.65. The van der Waals surface area contributed by atoms with E-state index >= 15 is 0 Å². The summed E-state index contributed by atoms with van der Waals surface area (Å²) in [6, 6.07) is 7.14. The van der Waals surface area contributed by atoms with Gasteiger partial charge in [0.25, 0.3) is 0 Å². The number of unbranched alkanes of at least 4 members (excludes halogenated alkanes) is 3. The summed E-state index contributed by atoms with van der Waals surface area (Å²) < 4.78 is 18.8. The zero-order valence-electron chi connectivity index (χ0n) is 18.6. The molecule has 6 heteroatoms. The number of rotatable bonds is 10. The number of hydrogen-bond donors (Lipinski definition) is 0. The maximum Gasteiger partial charge on any atom is 0.123 e. The monoisotopic (exact) mass is 462 g/mol. The van der Waals surface area contributed by atoms with Crippen molar-refractivity contribution in [2.24, 2.45) is 5.92 Å². The maximum absolute atomic E-state index is 13.0. The van der Waals surface area contributed by atoms with Crippen molar-refractivity contribution in [2.75, 3.05) is 26.2 Å². The average Bonchev–Trinajstić information content (AvgIpc) is 2.74. The lowest BCUT2D eigenvalue weighted by Gasteiger charge is -2.46. The molecular weight excluding hydrogens is 422 g/mol. The summed E-state index contributed by atoms with van der Waals surface area (Å²) >= 11 is 0. The van der Waals surface area contributed by atoms with E-state index < -0.39 is 0 Å². The third-order valence-electron chi connectivity index (χ3n) is 6.55. The van der Waals surface area contributed by atoms with Gasteiger partial charge in [0.05, 0.1) is 6.61 Å². The Balaban J connectivity index is 0.00000225. The van der Waals surface area contributed by atoms with Gasteiger partial charge in [-0.2, -0.15) is 0 Å². The Morgan fingerprint density at radius 1 is 0.900 bits per heavy atom. The van der Waals surface area contributed by atoms with Crippen molar-refractivity contribution in [3.63, 3.8) is 0 Å². The van der Waals surface area contributed by atoms with Gasteiger partial charge >= 0.3 is 0 Å². The van der Waals surface area contributed by atoms with Crippen molar-refractivity contribution >= 4 is 24.8 Å². The molecule has 0 amide bonds. The van der Waals surface area contributed by atoms with Gasteiger partial charge in [0, 0.05) is 25.7 Å². The fourth-order valence-corrected chi connectivity index (χ4v) is 4.80. The topological polar surface area (TPSA) is 15.7 Å². The van der Waals surface area contributed by atoms with Crippen LogP contribution in [0.2, 0.25) is 0 Å². The van der Waals surface area contributed by atoms with Crippen molar-refractivity contribution in [1.29, 1.82) is 0 Å². The lowest BCUT2D eigenvalue weighted by Crippen LogP contribution is -2.53. The summed E-state index contributed by atoms with van der Waals surface area (Å²) in [5.74, 6) is 1.32. The van der Waals surface area contributed by atoms with E-state index in [2.05, 4.69) is 16.9 Å². The largest absolute Gasteiger partial charge is 0.494 e. The number of piperidine rings is 2. The molecule has 3 rings (SSSR count). The summed E-state index contributed by atoms with van der Waals surface area (Å²) in [6.45, 7) is 6.69. The van der Waals surface area contributed by atoms with Crippen LogP contribution < -0.4 is 4.74 Å². The Labute approximate surface area is 195 Å². The van der Waals surface area contributed by atoms with E-state index in [0.29, 0.717) is 0 Å². The molecule has 2 aliphatic heterocycles. The molecule has 0 radical (unpaired) electrons. The van der Waals surface area contributed by atoms with Crippen LogP contribution >= 0.6 is 24.8 Å². The molecule has 30 heavy (non-hydrogen) atoms. The number of benzene rings is 1. The minimum atomic E-state index is -0.207. The molecule has 1 atom stereocenters. The van der Waals surface area contributed by atoms with Gasteiger partial charge in [-0.05, 0) is 68.7 Å². The molecule has 2 heterocycles. The quantitative estimate of drug-likeness (QED) is 0.352. The molecular formula is C24H41Cl2FN2O. The highest BCUT2D eigenvalue weighted by atomic mass is 35.5. The minimum absolute atomic E-state index is 0.